The van der Waals surface area contributed by atoms with Crippen molar-refractivity contribution in [3.63, 3.8) is 0 Å². The van der Waals surface area contributed by atoms with Gasteiger partial charge in [-0.2, -0.15) is 0 Å². The molecule has 1 unspecified atom stereocenters. The molecule has 0 saturated heterocycles. The van der Waals surface area contributed by atoms with Crippen molar-refractivity contribution in [3.05, 3.63) is 0 Å². The lowest BCUT2D eigenvalue weighted by atomic mass is 9.67. The smallest absolute Gasteiger partial charge is 0.305 e. The average molecular weight is 198 g/mol. The number of ether oxygens (including phenoxy) is 1. The third-order valence-corrected chi connectivity index (χ3v) is 3.34. The zero-order chi connectivity index (χ0) is 10.8. The van der Waals surface area contributed by atoms with Gasteiger partial charge in [0.2, 0.25) is 0 Å². The SMILES string of the molecule is COC(=O)CC1CCCC(=O)C1(C)C. The van der Waals surface area contributed by atoms with Crippen LogP contribution in [0.25, 0.3) is 0 Å². The highest BCUT2D eigenvalue weighted by molar-refractivity contribution is 5.85. The molecule has 1 aliphatic rings. The van der Waals surface area contributed by atoms with Gasteiger partial charge in [-0.25, -0.2) is 0 Å². The molecule has 80 valence electrons. The number of hydrogen-bond acceptors (Lipinski definition) is 3. The Morgan fingerprint density at radius 1 is 1.57 bits per heavy atom. The van der Waals surface area contributed by atoms with E-state index in [0.717, 1.165) is 12.8 Å². The van der Waals surface area contributed by atoms with E-state index in [1.807, 2.05) is 13.8 Å². The molecule has 1 atom stereocenters. The molecule has 3 nitrogen and oxygen atoms in total. The maximum atomic E-state index is 11.6. The Kier molecular flexibility index (Phi) is 3.29. The van der Waals surface area contributed by atoms with Crippen LogP contribution >= 0.6 is 0 Å². The normalized spacial score (nSPS) is 25.9. The van der Waals surface area contributed by atoms with E-state index in [1.54, 1.807) is 0 Å². The van der Waals surface area contributed by atoms with Crippen LogP contribution in [0.1, 0.15) is 39.5 Å². The number of rotatable bonds is 2. The Morgan fingerprint density at radius 2 is 2.21 bits per heavy atom. The number of ketones is 1. The molecule has 0 aromatic heterocycles. The predicted octanol–water partition coefficient (Wildman–Crippen LogP) is 1.94. The fourth-order valence-electron chi connectivity index (χ4n) is 2.06. The van der Waals surface area contributed by atoms with Crippen molar-refractivity contribution >= 4 is 11.8 Å². The molecule has 0 aliphatic heterocycles. The van der Waals surface area contributed by atoms with E-state index < -0.39 is 0 Å². The van der Waals surface area contributed by atoms with E-state index in [9.17, 15) is 9.59 Å². The van der Waals surface area contributed by atoms with E-state index in [4.69, 9.17) is 0 Å². The maximum absolute atomic E-state index is 11.6. The van der Waals surface area contributed by atoms with Gasteiger partial charge in [-0.3, -0.25) is 9.59 Å². The van der Waals surface area contributed by atoms with Crippen LogP contribution in [0, 0.1) is 11.3 Å². The molecule has 0 radical (unpaired) electrons. The van der Waals surface area contributed by atoms with Gasteiger partial charge >= 0.3 is 5.97 Å². The Hall–Kier alpha value is -0.860. The molecule has 0 N–H and O–H groups in total. The molecule has 1 aliphatic carbocycles. The molecule has 1 rings (SSSR count). The number of hydrogen-bond donors (Lipinski definition) is 0. The van der Waals surface area contributed by atoms with Crippen molar-refractivity contribution in [1.82, 2.24) is 0 Å². The largest absolute Gasteiger partial charge is 0.469 e. The van der Waals surface area contributed by atoms with Gasteiger partial charge in [0, 0.05) is 18.3 Å². The second-order valence-electron chi connectivity index (χ2n) is 4.51. The van der Waals surface area contributed by atoms with E-state index in [1.165, 1.54) is 7.11 Å². The van der Waals surface area contributed by atoms with Crippen LogP contribution in [0.3, 0.4) is 0 Å². The molecular weight excluding hydrogens is 180 g/mol. The average Bonchev–Trinajstić information content (AvgIpc) is 2.13. The predicted molar refractivity (Wildman–Crippen MR) is 52.8 cm³/mol. The molecule has 1 saturated carbocycles. The minimum Gasteiger partial charge on any atom is -0.469 e. The first-order valence-electron chi connectivity index (χ1n) is 5.08. The minimum absolute atomic E-state index is 0.149. The first-order valence-corrected chi connectivity index (χ1v) is 5.08. The third-order valence-electron chi connectivity index (χ3n) is 3.34. The highest BCUT2D eigenvalue weighted by Gasteiger charge is 2.40. The van der Waals surface area contributed by atoms with Crippen molar-refractivity contribution in [1.29, 1.82) is 0 Å². The molecule has 3 heteroatoms. The summed E-state index contributed by atoms with van der Waals surface area (Å²) in [4.78, 5) is 22.8. The molecule has 0 amide bonds. The van der Waals surface area contributed by atoms with Crippen LogP contribution in [0.4, 0.5) is 0 Å². The van der Waals surface area contributed by atoms with E-state index in [0.29, 0.717) is 12.8 Å². The zero-order valence-corrected chi connectivity index (χ0v) is 9.13. The van der Waals surface area contributed by atoms with E-state index in [-0.39, 0.29) is 23.1 Å². The summed E-state index contributed by atoms with van der Waals surface area (Å²) in [5.74, 6) is 0.214. The van der Waals surface area contributed by atoms with Crippen molar-refractivity contribution in [2.24, 2.45) is 11.3 Å². The molecule has 0 aromatic rings. The van der Waals surface area contributed by atoms with Crippen LogP contribution in [-0.2, 0) is 14.3 Å². The lowest BCUT2D eigenvalue weighted by molar-refractivity contribution is -0.145. The van der Waals surface area contributed by atoms with Crippen molar-refractivity contribution in [2.75, 3.05) is 7.11 Å². The Bertz CT molecular complexity index is 243. The monoisotopic (exact) mass is 198 g/mol. The van der Waals surface area contributed by atoms with Crippen LogP contribution < -0.4 is 0 Å². The van der Waals surface area contributed by atoms with Gasteiger partial charge in [-0.1, -0.05) is 13.8 Å². The van der Waals surface area contributed by atoms with Crippen molar-refractivity contribution in [3.8, 4) is 0 Å². The lowest BCUT2D eigenvalue weighted by Crippen LogP contribution is -2.38. The summed E-state index contributed by atoms with van der Waals surface area (Å²) in [5.41, 5.74) is -0.355. The fraction of sp³-hybridized carbons (Fsp3) is 0.818. The highest BCUT2D eigenvalue weighted by Crippen LogP contribution is 2.39. The molecular formula is C11H18O3. The summed E-state index contributed by atoms with van der Waals surface area (Å²) in [7, 11) is 1.39. The maximum Gasteiger partial charge on any atom is 0.305 e. The van der Waals surface area contributed by atoms with Gasteiger partial charge in [-0.15, -0.1) is 0 Å². The van der Waals surface area contributed by atoms with Crippen LogP contribution in [0.5, 0.6) is 0 Å². The third kappa shape index (κ3) is 2.14. The van der Waals surface area contributed by atoms with Crippen LogP contribution in [0.15, 0.2) is 0 Å². The molecule has 0 aromatic carbocycles. The number of carbonyl (C=O) groups excluding carboxylic acids is 2. The van der Waals surface area contributed by atoms with Gasteiger partial charge in [-0.05, 0) is 18.8 Å². The second kappa shape index (κ2) is 4.11. The Labute approximate surface area is 84.8 Å². The molecule has 0 bridgehead atoms. The summed E-state index contributed by atoms with van der Waals surface area (Å²) in [5, 5.41) is 0. The topological polar surface area (TPSA) is 43.4 Å². The first-order chi connectivity index (χ1) is 6.48. The number of esters is 1. The summed E-state index contributed by atoms with van der Waals surface area (Å²) >= 11 is 0. The summed E-state index contributed by atoms with van der Waals surface area (Å²) < 4.78 is 4.63. The van der Waals surface area contributed by atoms with Gasteiger partial charge in [0.25, 0.3) is 0 Å². The summed E-state index contributed by atoms with van der Waals surface area (Å²) in [6, 6.07) is 0. The Balaban J connectivity index is 2.67. The molecule has 14 heavy (non-hydrogen) atoms. The molecule has 1 fully saturated rings. The highest BCUT2D eigenvalue weighted by atomic mass is 16.5. The quantitative estimate of drug-likeness (QED) is 0.637. The van der Waals surface area contributed by atoms with E-state index in [2.05, 4.69) is 4.74 Å². The molecule has 0 spiro atoms. The van der Waals surface area contributed by atoms with Gasteiger partial charge in [0.05, 0.1) is 7.11 Å². The molecule has 0 heterocycles. The minimum atomic E-state index is -0.355. The van der Waals surface area contributed by atoms with Crippen LogP contribution in [-0.4, -0.2) is 18.9 Å². The number of Topliss-reactive ketones (excluding diaryl/α,β-unsaturated/α-hetero) is 1. The number of carbonyl (C=O) groups is 2. The standard InChI is InChI=1S/C11H18O3/c1-11(2)8(7-10(13)14-3)5-4-6-9(11)12/h8H,4-7H2,1-3H3. The second-order valence-corrected chi connectivity index (χ2v) is 4.51. The first kappa shape index (κ1) is 11.2. The fourth-order valence-corrected chi connectivity index (χ4v) is 2.06. The lowest BCUT2D eigenvalue weighted by Gasteiger charge is -2.36. The van der Waals surface area contributed by atoms with Crippen molar-refractivity contribution in [2.45, 2.75) is 39.5 Å². The van der Waals surface area contributed by atoms with Crippen LogP contribution in [0.2, 0.25) is 0 Å². The Morgan fingerprint density at radius 3 is 2.79 bits per heavy atom. The summed E-state index contributed by atoms with van der Waals surface area (Å²) in [6.07, 6.45) is 2.89. The zero-order valence-electron chi connectivity index (χ0n) is 9.13. The van der Waals surface area contributed by atoms with Gasteiger partial charge in [0.1, 0.15) is 5.78 Å². The number of methoxy groups -OCH3 is 1. The summed E-state index contributed by atoms with van der Waals surface area (Å²) in [6.45, 7) is 3.87. The van der Waals surface area contributed by atoms with E-state index >= 15 is 0 Å². The van der Waals surface area contributed by atoms with Gasteiger partial charge in [0.15, 0.2) is 0 Å². The van der Waals surface area contributed by atoms with Gasteiger partial charge < -0.3 is 4.74 Å². The van der Waals surface area contributed by atoms with Crippen molar-refractivity contribution < 1.29 is 14.3 Å².